The van der Waals surface area contributed by atoms with E-state index in [2.05, 4.69) is 10.6 Å². The van der Waals surface area contributed by atoms with Crippen LogP contribution in [-0.4, -0.2) is 28.2 Å². The lowest BCUT2D eigenvalue weighted by molar-refractivity contribution is 0.102. The Bertz CT molecular complexity index is 794. The smallest absolute Gasteiger partial charge is 0.255 e. The van der Waals surface area contributed by atoms with Crippen molar-refractivity contribution in [1.29, 1.82) is 0 Å². The summed E-state index contributed by atoms with van der Waals surface area (Å²) in [5.41, 5.74) is 3.45. The van der Waals surface area contributed by atoms with Gasteiger partial charge in [-0.3, -0.25) is 4.79 Å². The minimum atomic E-state index is -0.743. The summed E-state index contributed by atoms with van der Waals surface area (Å²) >= 11 is 0. The number of hydrogen-bond acceptors (Lipinski definition) is 4. The van der Waals surface area contributed by atoms with Gasteiger partial charge in [0.05, 0.1) is 11.8 Å². The van der Waals surface area contributed by atoms with Crippen molar-refractivity contribution in [3.63, 3.8) is 0 Å². The van der Waals surface area contributed by atoms with Crippen molar-refractivity contribution in [2.75, 3.05) is 11.9 Å². The number of anilines is 1. The molecule has 1 unspecified atom stereocenters. The lowest BCUT2D eigenvalue weighted by Crippen LogP contribution is -2.38. The van der Waals surface area contributed by atoms with Crippen LogP contribution in [0.3, 0.4) is 0 Å². The number of nitrogens with one attached hydrogen (secondary N) is 2. The molecule has 140 valence electrons. The third-order valence-electron chi connectivity index (χ3n) is 4.25. The van der Waals surface area contributed by atoms with Crippen LogP contribution in [0.2, 0.25) is 0 Å². The molecule has 0 radical (unpaired) electrons. The van der Waals surface area contributed by atoms with E-state index < -0.39 is 6.10 Å². The Labute approximate surface area is 155 Å². The minimum Gasteiger partial charge on any atom is -0.506 e. The van der Waals surface area contributed by atoms with Crippen molar-refractivity contribution in [1.82, 2.24) is 5.32 Å². The average molecular weight is 356 g/mol. The van der Waals surface area contributed by atoms with Crippen LogP contribution < -0.4 is 10.6 Å². The van der Waals surface area contributed by atoms with Gasteiger partial charge >= 0.3 is 0 Å². The van der Waals surface area contributed by atoms with Crippen LogP contribution >= 0.6 is 0 Å². The molecule has 2 aromatic rings. The van der Waals surface area contributed by atoms with E-state index in [0.29, 0.717) is 17.7 Å². The quantitative estimate of drug-likeness (QED) is 0.616. The van der Waals surface area contributed by atoms with Gasteiger partial charge in [0.25, 0.3) is 5.91 Å². The molecule has 0 aliphatic carbocycles. The fourth-order valence-corrected chi connectivity index (χ4v) is 2.46. The van der Waals surface area contributed by atoms with Crippen molar-refractivity contribution in [3.05, 3.63) is 58.7 Å². The van der Waals surface area contributed by atoms with Gasteiger partial charge in [0.15, 0.2) is 0 Å². The summed E-state index contributed by atoms with van der Waals surface area (Å²) in [5, 5.41) is 26.4. The Balaban J connectivity index is 2.16. The van der Waals surface area contributed by atoms with E-state index in [4.69, 9.17) is 0 Å². The molecule has 26 heavy (non-hydrogen) atoms. The second-order valence-electron chi connectivity index (χ2n) is 7.68. The second-order valence-corrected chi connectivity index (χ2v) is 7.68. The van der Waals surface area contributed by atoms with Gasteiger partial charge in [0, 0.05) is 17.6 Å². The van der Waals surface area contributed by atoms with E-state index in [-0.39, 0.29) is 22.9 Å². The van der Waals surface area contributed by atoms with Crippen molar-refractivity contribution < 1.29 is 15.0 Å². The molecule has 0 spiro atoms. The van der Waals surface area contributed by atoms with Crippen LogP contribution in [0.4, 0.5) is 5.69 Å². The lowest BCUT2D eigenvalue weighted by Gasteiger charge is -2.23. The van der Waals surface area contributed by atoms with Gasteiger partial charge in [-0.15, -0.1) is 0 Å². The number of β-amino-alcohol motifs (C(OH)–C–C–N with tert-alkyl or cyclic N) is 1. The predicted molar refractivity (Wildman–Crippen MR) is 105 cm³/mol. The van der Waals surface area contributed by atoms with Crippen LogP contribution in [-0.2, 0) is 0 Å². The van der Waals surface area contributed by atoms with E-state index in [0.717, 1.165) is 11.1 Å². The molecule has 5 heteroatoms. The number of aryl methyl sites for hydroxylation is 2. The minimum absolute atomic E-state index is 0.0399. The highest BCUT2D eigenvalue weighted by atomic mass is 16.3. The summed E-state index contributed by atoms with van der Waals surface area (Å²) in [4.78, 5) is 12.5. The maximum Gasteiger partial charge on any atom is 0.255 e. The molecule has 0 heterocycles. The number of carbonyl (C=O) groups is 1. The molecule has 2 aromatic carbocycles. The summed E-state index contributed by atoms with van der Waals surface area (Å²) in [6.07, 6.45) is -0.743. The zero-order valence-electron chi connectivity index (χ0n) is 16.1. The fraction of sp³-hybridized carbons (Fsp3) is 0.381. The molecule has 1 atom stereocenters. The summed E-state index contributed by atoms with van der Waals surface area (Å²) in [7, 11) is 0. The Hall–Kier alpha value is -2.37. The highest BCUT2D eigenvalue weighted by molar-refractivity contribution is 6.05. The van der Waals surface area contributed by atoms with E-state index in [1.54, 1.807) is 18.2 Å². The SMILES string of the molecule is Cc1ccc(C(=O)Nc2cc(C(O)CNC(C)(C)C)ccc2O)cc1C. The highest BCUT2D eigenvalue weighted by Gasteiger charge is 2.16. The molecule has 0 saturated carbocycles. The molecular formula is C21H28N2O3. The molecule has 2 rings (SSSR count). The van der Waals surface area contributed by atoms with E-state index in [1.165, 1.54) is 6.07 Å². The number of carbonyl (C=O) groups excluding carboxylic acids is 1. The molecule has 0 fully saturated rings. The van der Waals surface area contributed by atoms with Crippen LogP contribution in [0.1, 0.15) is 53.9 Å². The van der Waals surface area contributed by atoms with Gasteiger partial charge in [-0.05, 0) is 75.6 Å². The van der Waals surface area contributed by atoms with Gasteiger partial charge in [0.2, 0.25) is 0 Å². The van der Waals surface area contributed by atoms with E-state index >= 15 is 0 Å². The standard InChI is InChI=1S/C21H28N2O3/c1-13-6-7-16(10-14(13)2)20(26)23-17-11-15(8-9-18(17)24)19(25)12-22-21(3,4)5/h6-11,19,22,24-25H,12H2,1-5H3,(H,23,26). The largest absolute Gasteiger partial charge is 0.506 e. The Kier molecular flexibility index (Phi) is 6.05. The van der Waals surface area contributed by atoms with Crippen molar-refractivity contribution in [2.45, 2.75) is 46.3 Å². The Morgan fingerprint density at radius 2 is 1.77 bits per heavy atom. The van der Waals surface area contributed by atoms with Gasteiger partial charge < -0.3 is 20.8 Å². The molecule has 1 amide bonds. The first-order chi connectivity index (χ1) is 12.1. The number of aliphatic hydroxyl groups excluding tert-OH is 1. The molecule has 0 bridgehead atoms. The van der Waals surface area contributed by atoms with Crippen molar-refractivity contribution in [2.24, 2.45) is 0 Å². The first kappa shape index (κ1) is 19.9. The van der Waals surface area contributed by atoms with Gasteiger partial charge in [-0.1, -0.05) is 12.1 Å². The molecular weight excluding hydrogens is 328 g/mol. The third kappa shape index (κ3) is 5.31. The maximum absolute atomic E-state index is 12.5. The van der Waals surface area contributed by atoms with Gasteiger partial charge in [0.1, 0.15) is 5.75 Å². The van der Waals surface area contributed by atoms with Crippen LogP contribution in [0.25, 0.3) is 0 Å². The van der Waals surface area contributed by atoms with Crippen LogP contribution in [0.15, 0.2) is 36.4 Å². The first-order valence-corrected chi connectivity index (χ1v) is 8.71. The molecule has 0 saturated heterocycles. The number of phenols is 1. The molecule has 0 aliphatic rings. The number of amides is 1. The normalized spacial score (nSPS) is 12.7. The highest BCUT2D eigenvalue weighted by Crippen LogP contribution is 2.28. The summed E-state index contributed by atoms with van der Waals surface area (Å²) in [6.45, 7) is 10.4. The number of hydrogen-bond donors (Lipinski definition) is 4. The van der Waals surface area contributed by atoms with E-state index in [9.17, 15) is 15.0 Å². The monoisotopic (exact) mass is 356 g/mol. The van der Waals surface area contributed by atoms with Crippen LogP contribution in [0, 0.1) is 13.8 Å². The molecule has 0 aromatic heterocycles. The van der Waals surface area contributed by atoms with E-state index in [1.807, 2.05) is 46.8 Å². The van der Waals surface area contributed by atoms with Gasteiger partial charge in [-0.25, -0.2) is 0 Å². The van der Waals surface area contributed by atoms with Crippen molar-refractivity contribution >= 4 is 11.6 Å². The second kappa shape index (κ2) is 7.89. The number of rotatable bonds is 5. The third-order valence-corrected chi connectivity index (χ3v) is 4.25. The number of phenolic OH excluding ortho intramolecular Hbond substituents is 1. The summed E-state index contributed by atoms with van der Waals surface area (Å²) in [5.74, 6) is -0.343. The van der Waals surface area contributed by atoms with Crippen LogP contribution in [0.5, 0.6) is 5.75 Å². The van der Waals surface area contributed by atoms with Gasteiger partial charge in [-0.2, -0.15) is 0 Å². The predicted octanol–water partition coefficient (Wildman–Crippen LogP) is 3.68. The number of aliphatic hydroxyl groups is 1. The zero-order chi connectivity index (χ0) is 19.5. The molecule has 4 N–H and O–H groups in total. The Morgan fingerprint density at radius 3 is 2.38 bits per heavy atom. The lowest BCUT2D eigenvalue weighted by atomic mass is 10.0. The fourth-order valence-electron chi connectivity index (χ4n) is 2.46. The molecule has 0 aliphatic heterocycles. The van der Waals surface area contributed by atoms with Crippen molar-refractivity contribution in [3.8, 4) is 5.75 Å². The number of aromatic hydroxyl groups is 1. The average Bonchev–Trinajstić information content (AvgIpc) is 2.56. The Morgan fingerprint density at radius 1 is 1.08 bits per heavy atom. The first-order valence-electron chi connectivity index (χ1n) is 8.71. The molecule has 5 nitrogen and oxygen atoms in total. The topological polar surface area (TPSA) is 81.6 Å². The maximum atomic E-state index is 12.5. The zero-order valence-corrected chi connectivity index (χ0v) is 16.1. The summed E-state index contributed by atoms with van der Waals surface area (Å²) in [6, 6.07) is 10.2. The summed E-state index contributed by atoms with van der Waals surface area (Å²) < 4.78 is 0. The number of benzene rings is 2.